The Kier molecular flexibility index (Phi) is 7.30. The summed E-state index contributed by atoms with van der Waals surface area (Å²) in [6.45, 7) is 4.72. The van der Waals surface area contributed by atoms with Crippen molar-refractivity contribution in [2.45, 2.75) is 38.0 Å². The van der Waals surface area contributed by atoms with Gasteiger partial charge in [0.1, 0.15) is 16.5 Å². The Morgan fingerprint density at radius 2 is 1.73 bits per heavy atom. The Labute approximate surface area is 240 Å². The highest BCUT2D eigenvalue weighted by Gasteiger charge is 2.40. The first-order valence-corrected chi connectivity index (χ1v) is 15.4. The van der Waals surface area contributed by atoms with Gasteiger partial charge in [-0.2, -0.15) is 4.31 Å². The lowest BCUT2D eigenvalue weighted by atomic mass is 9.80. The number of hydrogen-bond donors (Lipinski definition) is 1. The van der Waals surface area contributed by atoms with E-state index >= 15 is 0 Å². The molecule has 0 aromatic heterocycles. The van der Waals surface area contributed by atoms with Crippen LogP contribution in [0.2, 0.25) is 0 Å². The lowest BCUT2D eigenvalue weighted by Gasteiger charge is -2.32. The maximum atomic E-state index is 14.8. The molecule has 2 atom stereocenters. The van der Waals surface area contributed by atoms with Crippen LogP contribution in [0.15, 0.2) is 112 Å². The van der Waals surface area contributed by atoms with Gasteiger partial charge < -0.3 is 5.43 Å². The first-order chi connectivity index (χ1) is 19.7. The average molecular weight is 574 g/mol. The third kappa shape index (κ3) is 5.22. The van der Waals surface area contributed by atoms with Crippen LogP contribution in [-0.4, -0.2) is 25.8 Å². The van der Waals surface area contributed by atoms with Gasteiger partial charge in [-0.3, -0.25) is 5.01 Å². The number of halogens is 2. The van der Waals surface area contributed by atoms with E-state index in [0.29, 0.717) is 6.42 Å². The highest BCUT2D eigenvalue weighted by molar-refractivity contribution is 7.89. The van der Waals surface area contributed by atoms with Crippen LogP contribution in [0, 0.1) is 30.4 Å². The number of anilines is 1. The van der Waals surface area contributed by atoms with Gasteiger partial charge in [-0.1, -0.05) is 54.5 Å². The molecule has 6 rings (SSSR count). The molecule has 0 saturated heterocycles. The van der Waals surface area contributed by atoms with Gasteiger partial charge in [-0.15, -0.1) is 0 Å². The van der Waals surface area contributed by atoms with Crippen molar-refractivity contribution in [1.82, 2.24) is 9.73 Å². The fourth-order valence-electron chi connectivity index (χ4n) is 6.26. The number of sulfonamides is 1. The molecule has 212 valence electrons. The van der Waals surface area contributed by atoms with Gasteiger partial charge in [0.2, 0.25) is 10.0 Å². The Bertz CT molecular complexity index is 1660. The number of nitrogens with one attached hydrogen (secondary N) is 1. The molecule has 3 aliphatic rings. The lowest BCUT2D eigenvalue weighted by Crippen LogP contribution is -2.38. The third-order valence-corrected chi connectivity index (χ3v) is 10.3. The smallest absolute Gasteiger partial charge is 0.246 e. The molecule has 1 aliphatic heterocycles. The van der Waals surface area contributed by atoms with Gasteiger partial charge >= 0.3 is 0 Å². The van der Waals surface area contributed by atoms with Crippen LogP contribution in [-0.2, 0) is 16.4 Å². The number of allylic oxidation sites excluding steroid dienone is 3. The molecular formula is C33H33F2N3O2S. The molecule has 3 aromatic rings. The number of fused-ring (bicyclic) bond motifs is 1. The summed E-state index contributed by atoms with van der Waals surface area (Å²) in [6, 6.07) is 20.1. The van der Waals surface area contributed by atoms with Crippen molar-refractivity contribution in [3.8, 4) is 0 Å². The minimum absolute atomic E-state index is 0.0122. The van der Waals surface area contributed by atoms with Crippen molar-refractivity contribution in [3.63, 3.8) is 0 Å². The van der Waals surface area contributed by atoms with Gasteiger partial charge in [0.05, 0.1) is 11.4 Å². The Morgan fingerprint density at radius 1 is 1.00 bits per heavy atom. The number of nitrogens with zero attached hydrogens (tertiary/aromatic N) is 2. The molecule has 8 heteroatoms. The Hall–Kier alpha value is -3.75. The highest BCUT2D eigenvalue weighted by atomic mass is 32.2. The van der Waals surface area contributed by atoms with Crippen LogP contribution < -0.4 is 10.4 Å². The molecule has 1 N–H and O–H groups in total. The number of aryl methyl sites for hydroxylation is 1. The monoisotopic (exact) mass is 573 g/mol. The number of benzene rings is 3. The molecule has 3 aromatic carbocycles. The van der Waals surface area contributed by atoms with Crippen molar-refractivity contribution >= 4 is 15.7 Å². The van der Waals surface area contributed by atoms with Crippen LogP contribution in [0.1, 0.15) is 30.9 Å². The quantitative estimate of drug-likeness (QED) is 0.328. The van der Waals surface area contributed by atoms with E-state index in [4.69, 9.17) is 0 Å². The molecule has 0 amide bonds. The summed E-state index contributed by atoms with van der Waals surface area (Å²) >= 11 is 0. The minimum Gasteiger partial charge on any atom is -0.301 e. The van der Waals surface area contributed by atoms with Crippen molar-refractivity contribution in [2.24, 2.45) is 11.8 Å². The SMILES string of the molecule is Cc1ccc(CCN(C[C@H]2CCC3=C2[C@@H](C)C2=CNN(c4ccc(F)cc4)C2=C3)S(=O)(=O)c2ccccc2F)cc1. The van der Waals surface area contributed by atoms with E-state index in [1.165, 1.54) is 45.8 Å². The summed E-state index contributed by atoms with van der Waals surface area (Å²) in [5.41, 5.74) is 10.9. The Balaban J connectivity index is 1.30. The zero-order chi connectivity index (χ0) is 28.7. The molecule has 0 fully saturated rings. The van der Waals surface area contributed by atoms with Gasteiger partial charge in [0.15, 0.2) is 0 Å². The molecule has 0 spiro atoms. The maximum absolute atomic E-state index is 14.8. The van der Waals surface area contributed by atoms with E-state index in [-0.39, 0.29) is 35.6 Å². The summed E-state index contributed by atoms with van der Waals surface area (Å²) in [4.78, 5) is -0.285. The molecule has 5 nitrogen and oxygen atoms in total. The van der Waals surface area contributed by atoms with E-state index in [9.17, 15) is 17.2 Å². The summed E-state index contributed by atoms with van der Waals surface area (Å²) in [5.74, 6) is -0.933. The van der Waals surface area contributed by atoms with Crippen molar-refractivity contribution in [1.29, 1.82) is 0 Å². The van der Waals surface area contributed by atoms with Crippen molar-refractivity contribution < 1.29 is 17.2 Å². The third-order valence-electron chi connectivity index (χ3n) is 8.44. The molecule has 0 radical (unpaired) electrons. The van der Waals surface area contributed by atoms with Crippen LogP contribution >= 0.6 is 0 Å². The van der Waals surface area contributed by atoms with Crippen LogP contribution in [0.4, 0.5) is 14.5 Å². The van der Waals surface area contributed by atoms with Crippen molar-refractivity contribution in [2.75, 3.05) is 18.1 Å². The fourth-order valence-corrected chi connectivity index (χ4v) is 7.81. The minimum atomic E-state index is -4.06. The largest absolute Gasteiger partial charge is 0.301 e. The van der Waals surface area contributed by atoms with Crippen LogP contribution in [0.3, 0.4) is 0 Å². The highest BCUT2D eigenvalue weighted by Crippen LogP contribution is 2.48. The average Bonchev–Trinajstić information content (AvgIpc) is 3.57. The van der Waals surface area contributed by atoms with Crippen molar-refractivity contribution in [3.05, 3.63) is 130 Å². The number of hydrazine groups is 1. The zero-order valence-electron chi connectivity index (χ0n) is 23.1. The molecular weight excluding hydrogens is 540 g/mol. The first-order valence-electron chi connectivity index (χ1n) is 14.0. The fraction of sp³-hybridized carbons (Fsp3) is 0.273. The predicted octanol–water partition coefficient (Wildman–Crippen LogP) is 6.66. The van der Waals surface area contributed by atoms with Crippen LogP contribution in [0.5, 0.6) is 0 Å². The van der Waals surface area contributed by atoms with E-state index in [0.717, 1.165) is 40.9 Å². The Morgan fingerprint density at radius 3 is 2.46 bits per heavy atom. The summed E-state index contributed by atoms with van der Waals surface area (Å²) < 4.78 is 57.5. The van der Waals surface area contributed by atoms with Gasteiger partial charge in [0.25, 0.3) is 0 Å². The standard InChI is InChI=1S/C33H33F2N3O2S/c1-22-7-9-24(10-8-22)17-18-37(41(39,40)32-6-4-3-5-30(32)35)21-26-12-11-25-19-31-29(23(2)33(25)26)20-36-38(31)28-15-13-27(34)14-16-28/h3-10,13-16,19-20,23,26,36H,11-12,17-18,21H2,1-2H3/t23-,26+/m0/s1. The molecule has 41 heavy (non-hydrogen) atoms. The lowest BCUT2D eigenvalue weighted by molar-refractivity contribution is 0.356. The predicted molar refractivity (Wildman–Crippen MR) is 157 cm³/mol. The van der Waals surface area contributed by atoms with Gasteiger partial charge in [-0.25, -0.2) is 17.2 Å². The maximum Gasteiger partial charge on any atom is 0.246 e. The van der Waals surface area contributed by atoms with Gasteiger partial charge in [0, 0.05) is 30.8 Å². The summed E-state index contributed by atoms with van der Waals surface area (Å²) in [7, 11) is -4.06. The number of hydrogen-bond acceptors (Lipinski definition) is 4. The second kappa shape index (κ2) is 10.9. The first kappa shape index (κ1) is 27.4. The molecule has 2 aliphatic carbocycles. The van der Waals surface area contributed by atoms with E-state index < -0.39 is 15.8 Å². The van der Waals surface area contributed by atoms with Gasteiger partial charge in [-0.05, 0) is 85.7 Å². The molecule has 1 heterocycles. The summed E-state index contributed by atoms with van der Waals surface area (Å²) in [5, 5.41) is 1.96. The van der Waals surface area contributed by atoms with E-state index in [2.05, 4.69) is 18.4 Å². The van der Waals surface area contributed by atoms with E-state index in [1.54, 1.807) is 18.2 Å². The number of rotatable bonds is 8. The second-order valence-corrected chi connectivity index (χ2v) is 12.9. The normalized spacial score (nSPS) is 20.1. The second-order valence-electron chi connectivity index (χ2n) is 11.0. The zero-order valence-corrected chi connectivity index (χ0v) is 24.0. The van der Waals surface area contributed by atoms with E-state index in [1.807, 2.05) is 42.4 Å². The topological polar surface area (TPSA) is 52.6 Å². The molecule has 0 saturated carbocycles. The molecule has 0 unspecified atom stereocenters. The van der Waals surface area contributed by atoms with Crippen LogP contribution in [0.25, 0.3) is 0 Å². The molecule has 0 bridgehead atoms. The summed E-state index contributed by atoms with van der Waals surface area (Å²) in [6.07, 6.45) is 6.35.